The molecule has 0 spiro atoms. The molecule has 1 unspecified atom stereocenters. The van der Waals surface area contributed by atoms with Crippen LogP contribution in [0.25, 0.3) is 12.2 Å². The number of hydrogen-bond donors (Lipinski definition) is 3. The van der Waals surface area contributed by atoms with E-state index in [-0.39, 0.29) is 6.10 Å². The van der Waals surface area contributed by atoms with Crippen LogP contribution >= 0.6 is 0 Å². The van der Waals surface area contributed by atoms with E-state index < -0.39 is 5.91 Å². The van der Waals surface area contributed by atoms with Crippen molar-refractivity contribution in [2.24, 2.45) is 11.7 Å². The Morgan fingerprint density at radius 3 is 2.69 bits per heavy atom. The summed E-state index contributed by atoms with van der Waals surface area (Å²) in [6.45, 7) is 9.28. The number of fused-ring (bicyclic) bond motifs is 1. The SMILES string of the molecule is Cc1cc(OC2CCNCC2)c2\c(c1)=C/C(C)C\C=C(Nc1cc(C(N)=O)cc(N3CCOCC3)c1)/C=C/C=2. The molecule has 0 radical (unpaired) electrons. The molecule has 2 aromatic rings. The molecular formula is C32H40N4O3. The number of nitrogens with zero attached hydrogens (tertiary/aromatic N) is 1. The summed E-state index contributed by atoms with van der Waals surface area (Å²) in [5.41, 5.74) is 10.2. The number of ether oxygens (including phenoxy) is 2. The lowest BCUT2D eigenvalue weighted by Gasteiger charge is -2.29. The van der Waals surface area contributed by atoms with Gasteiger partial charge in [0.2, 0.25) is 5.91 Å². The fourth-order valence-corrected chi connectivity index (χ4v) is 5.39. The van der Waals surface area contributed by atoms with Crippen LogP contribution in [0.15, 0.2) is 54.3 Å². The lowest BCUT2D eigenvalue weighted by molar-refractivity contribution is 0.1000. The van der Waals surface area contributed by atoms with Crippen molar-refractivity contribution >= 4 is 29.4 Å². The van der Waals surface area contributed by atoms with Gasteiger partial charge in [-0.3, -0.25) is 4.79 Å². The van der Waals surface area contributed by atoms with Gasteiger partial charge >= 0.3 is 0 Å². The molecule has 7 heteroatoms. The molecule has 2 aliphatic heterocycles. The van der Waals surface area contributed by atoms with E-state index in [4.69, 9.17) is 15.2 Å². The van der Waals surface area contributed by atoms with Crippen molar-refractivity contribution in [3.63, 3.8) is 0 Å². The Morgan fingerprint density at radius 1 is 1.13 bits per heavy atom. The molecule has 2 heterocycles. The molecule has 2 saturated heterocycles. The minimum Gasteiger partial charge on any atom is -0.490 e. The van der Waals surface area contributed by atoms with E-state index in [1.54, 1.807) is 0 Å². The smallest absolute Gasteiger partial charge is 0.248 e. The second-order valence-corrected chi connectivity index (χ2v) is 10.8. The minimum absolute atomic E-state index is 0.234. The standard InChI is InChI=1S/C32H40N4O3/c1-22-6-7-26(35-27-19-25(32(33)37)20-28(21-27)36-12-14-38-15-13-36)4-3-5-30-24(16-22)17-23(2)18-31(30)39-29-8-10-34-11-9-29/h3-5,7,16-22,29,34-35H,6,8-15H2,1-2H3,(H2,33,37)/b4-3+,24-16-,26-7+,30-5+. The number of nitrogens with one attached hydrogen (secondary N) is 2. The number of allylic oxidation sites excluding steroid dienone is 3. The molecule has 1 aliphatic carbocycles. The van der Waals surface area contributed by atoms with Crippen LogP contribution < -0.4 is 36.4 Å². The molecule has 1 amide bonds. The van der Waals surface area contributed by atoms with E-state index in [1.807, 2.05) is 12.1 Å². The number of amides is 1. The van der Waals surface area contributed by atoms with Crippen molar-refractivity contribution in [2.75, 3.05) is 49.6 Å². The molecule has 7 nitrogen and oxygen atoms in total. The Labute approximate surface area is 231 Å². The lowest BCUT2D eigenvalue weighted by Crippen LogP contribution is -2.36. The third-order valence-electron chi connectivity index (χ3n) is 7.48. The minimum atomic E-state index is -0.437. The number of rotatable bonds is 6. The zero-order chi connectivity index (χ0) is 27.2. The maximum absolute atomic E-state index is 12.1. The number of hydrogen-bond acceptors (Lipinski definition) is 6. The van der Waals surface area contributed by atoms with Gasteiger partial charge in [0, 0.05) is 40.9 Å². The molecule has 1 atom stereocenters. The molecule has 0 saturated carbocycles. The van der Waals surface area contributed by atoms with Gasteiger partial charge < -0.3 is 30.7 Å². The Balaban J connectivity index is 1.45. The summed E-state index contributed by atoms with van der Waals surface area (Å²) >= 11 is 0. The number of carbonyl (C=O) groups excluding carboxylic acids is 1. The van der Waals surface area contributed by atoms with Crippen LogP contribution in [0.1, 0.15) is 42.1 Å². The van der Waals surface area contributed by atoms with E-state index in [0.717, 1.165) is 73.5 Å². The van der Waals surface area contributed by atoms with Gasteiger partial charge in [-0.05, 0) is 86.3 Å². The highest BCUT2D eigenvalue weighted by Crippen LogP contribution is 2.25. The van der Waals surface area contributed by atoms with Crippen molar-refractivity contribution in [3.8, 4) is 5.75 Å². The quantitative estimate of drug-likeness (QED) is 0.534. The molecule has 5 rings (SSSR count). The van der Waals surface area contributed by atoms with E-state index in [1.165, 1.54) is 10.8 Å². The van der Waals surface area contributed by atoms with Gasteiger partial charge in [0.1, 0.15) is 11.9 Å². The summed E-state index contributed by atoms with van der Waals surface area (Å²) < 4.78 is 12.1. The van der Waals surface area contributed by atoms with Gasteiger partial charge in [-0.25, -0.2) is 0 Å². The number of aryl methyl sites for hydroxylation is 1. The van der Waals surface area contributed by atoms with Gasteiger partial charge in [-0.15, -0.1) is 0 Å². The van der Waals surface area contributed by atoms with Crippen molar-refractivity contribution in [3.05, 3.63) is 75.8 Å². The van der Waals surface area contributed by atoms with Gasteiger partial charge in [0.05, 0.1) is 13.2 Å². The number of morpholine rings is 1. The van der Waals surface area contributed by atoms with Crippen LogP contribution in [0.2, 0.25) is 0 Å². The molecule has 39 heavy (non-hydrogen) atoms. The van der Waals surface area contributed by atoms with E-state index >= 15 is 0 Å². The van der Waals surface area contributed by atoms with Crippen LogP contribution in [0.3, 0.4) is 0 Å². The van der Waals surface area contributed by atoms with E-state index in [2.05, 4.69) is 78.0 Å². The molecular weight excluding hydrogens is 488 g/mol. The first-order chi connectivity index (χ1) is 18.9. The second-order valence-electron chi connectivity index (χ2n) is 10.8. The Hall–Kier alpha value is -3.55. The summed E-state index contributed by atoms with van der Waals surface area (Å²) in [7, 11) is 0. The number of piperidine rings is 1. The van der Waals surface area contributed by atoms with Crippen LogP contribution in [-0.2, 0) is 4.74 Å². The zero-order valence-corrected chi connectivity index (χ0v) is 23.0. The zero-order valence-electron chi connectivity index (χ0n) is 23.0. The summed E-state index contributed by atoms with van der Waals surface area (Å²) in [6, 6.07) is 10.2. The normalized spacial score (nSPS) is 24.1. The molecule has 2 aromatic carbocycles. The average molecular weight is 529 g/mol. The van der Waals surface area contributed by atoms with E-state index in [9.17, 15) is 4.79 Å². The van der Waals surface area contributed by atoms with Crippen molar-refractivity contribution in [1.82, 2.24) is 5.32 Å². The van der Waals surface area contributed by atoms with Crippen molar-refractivity contribution in [2.45, 2.75) is 39.2 Å². The highest BCUT2D eigenvalue weighted by molar-refractivity contribution is 5.95. The number of carbonyl (C=O) groups is 1. The first kappa shape index (κ1) is 27.0. The number of primary amides is 1. The maximum Gasteiger partial charge on any atom is 0.248 e. The number of benzene rings is 2. The van der Waals surface area contributed by atoms with Crippen LogP contribution in [0.4, 0.5) is 11.4 Å². The van der Waals surface area contributed by atoms with Crippen LogP contribution in [0.5, 0.6) is 5.75 Å². The Kier molecular flexibility index (Phi) is 8.69. The van der Waals surface area contributed by atoms with Crippen LogP contribution in [-0.4, -0.2) is 51.4 Å². The first-order valence-corrected chi connectivity index (χ1v) is 14.1. The van der Waals surface area contributed by atoms with Gasteiger partial charge in [-0.1, -0.05) is 37.3 Å². The molecule has 0 bridgehead atoms. The predicted molar refractivity (Wildman–Crippen MR) is 158 cm³/mol. The summed E-state index contributed by atoms with van der Waals surface area (Å²) in [4.78, 5) is 14.3. The Bertz CT molecular complexity index is 1370. The van der Waals surface area contributed by atoms with Gasteiger partial charge in [0.15, 0.2) is 0 Å². The molecule has 0 aromatic heterocycles. The molecule has 3 aliphatic rings. The van der Waals surface area contributed by atoms with Gasteiger partial charge in [0.25, 0.3) is 0 Å². The summed E-state index contributed by atoms with van der Waals surface area (Å²) in [6.07, 6.45) is 14.0. The largest absolute Gasteiger partial charge is 0.490 e. The molecule has 4 N–H and O–H groups in total. The number of anilines is 2. The molecule has 2 fully saturated rings. The second kappa shape index (κ2) is 12.5. The maximum atomic E-state index is 12.1. The van der Waals surface area contributed by atoms with Crippen molar-refractivity contribution in [1.29, 1.82) is 0 Å². The van der Waals surface area contributed by atoms with Gasteiger partial charge in [-0.2, -0.15) is 0 Å². The summed E-state index contributed by atoms with van der Waals surface area (Å²) in [5, 5.41) is 9.29. The first-order valence-electron chi connectivity index (χ1n) is 14.1. The third kappa shape index (κ3) is 7.11. The molecule has 206 valence electrons. The average Bonchev–Trinajstić information content (AvgIpc) is 2.93. The fourth-order valence-electron chi connectivity index (χ4n) is 5.39. The predicted octanol–water partition coefficient (Wildman–Crippen LogP) is 3.21. The number of nitrogens with two attached hydrogens (primary N) is 1. The van der Waals surface area contributed by atoms with Crippen LogP contribution in [0, 0.1) is 12.8 Å². The Morgan fingerprint density at radius 2 is 1.92 bits per heavy atom. The highest BCUT2D eigenvalue weighted by atomic mass is 16.5. The lowest BCUT2D eigenvalue weighted by atomic mass is 10.0. The third-order valence-corrected chi connectivity index (χ3v) is 7.48. The summed E-state index contributed by atoms with van der Waals surface area (Å²) in [5.74, 6) is 0.844. The topological polar surface area (TPSA) is 88.8 Å². The van der Waals surface area contributed by atoms with E-state index in [0.29, 0.717) is 24.7 Å². The highest BCUT2D eigenvalue weighted by Gasteiger charge is 2.17. The monoisotopic (exact) mass is 528 g/mol. The fraction of sp³-hybridized carbons (Fsp3) is 0.406. The van der Waals surface area contributed by atoms with Crippen molar-refractivity contribution < 1.29 is 14.3 Å².